The van der Waals surface area contributed by atoms with Crippen LogP contribution in [0.15, 0.2) is 22.6 Å². The van der Waals surface area contributed by atoms with Crippen LogP contribution in [0.5, 0.6) is 0 Å². The Morgan fingerprint density at radius 2 is 2.33 bits per heavy atom. The molecule has 2 N–H and O–H groups in total. The van der Waals surface area contributed by atoms with Gasteiger partial charge in [-0.3, -0.25) is 0 Å². The van der Waals surface area contributed by atoms with Gasteiger partial charge < -0.3 is 10.2 Å². The molecule has 1 aromatic carbocycles. The smallest absolute Gasteiger partial charge is 0.198 e. The molecule has 0 radical (unpaired) electrons. The lowest BCUT2D eigenvalue weighted by Gasteiger charge is -2.02. The van der Waals surface area contributed by atoms with Crippen molar-refractivity contribution in [2.45, 2.75) is 19.3 Å². The molecule has 1 unspecified atom stereocenters. The van der Waals surface area contributed by atoms with E-state index in [0.29, 0.717) is 11.6 Å². The standard InChI is InChI=1S/C11H13ClN2O/c1-7(4-5-13)11-14-9-3-2-8(12)6-10(9)15-11/h2-3,6-7H,4-5,13H2,1H3. The van der Waals surface area contributed by atoms with Crippen molar-refractivity contribution in [3.63, 3.8) is 0 Å². The van der Waals surface area contributed by atoms with E-state index in [1.165, 1.54) is 0 Å². The third kappa shape index (κ3) is 2.13. The highest BCUT2D eigenvalue weighted by Gasteiger charge is 2.12. The number of nitrogens with two attached hydrogens (primary N) is 1. The van der Waals surface area contributed by atoms with E-state index in [1.54, 1.807) is 6.07 Å². The van der Waals surface area contributed by atoms with Gasteiger partial charge in [0, 0.05) is 17.0 Å². The van der Waals surface area contributed by atoms with E-state index in [4.69, 9.17) is 21.8 Å². The summed E-state index contributed by atoms with van der Waals surface area (Å²) < 4.78 is 5.61. The lowest BCUT2D eigenvalue weighted by Crippen LogP contribution is -2.04. The molecular weight excluding hydrogens is 212 g/mol. The van der Waals surface area contributed by atoms with Crippen LogP contribution in [0.1, 0.15) is 25.2 Å². The summed E-state index contributed by atoms with van der Waals surface area (Å²) in [5.74, 6) is 0.985. The topological polar surface area (TPSA) is 52.0 Å². The maximum atomic E-state index is 5.86. The normalized spacial score (nSPS) is 13.3. The molecule has 80 valence electrons. The predicted molar refractivity (Wildman–Crippen MR) is 61.1 cm³/mol. The van der Waals surface area contributed by atoms with Crippen molar-refractivity contribution >= 4 is 22.7 Å². The van der Waals surface area contributed by atoms with E-state index >= 15 is 0 Å². The van der Waals surface area contributed by atoms with Gasteiger partial charge in [-0.05, 0) is 25.1 Å². The van der Waals surface area contributed by atoms with Crippen LogP contribution in [0.2, 0.25) is 5.02 Å². The minimum absolute atomic E-state index is 0.251. The molecule has 3 nitrogen and oxygen atoms in total. The minimum Gasteiger partial charge on any atom is -0.440 e. The summed E-state index contributed by atoms with van der Waals surface area (Å²) in [4.78, 5) is 4.39. The number of hydrogen-bond donors (Lipinski definition) is 1. The molecule has 0 saturated carbocycles. The summed E-state index contributed by atoms with van der Waals surface area (Å²) >= 11 is 5.86. The van der Waals surface area contributed by atoms with Crippen molar-refractivity contribution in [1.29, 1.82) is 0 Å². The number of oxazole rings is 1. The summed E-state index contributed by atoms with van der Waals surface area (Å²) in [5.41, 5.74) is 7.08. The van der Waals surface area contributed by atoms with Crippen LogP contribution >= 0.6 is 11.6 Å². The first-order chi connectivity index (χ1) is 7.20. The fraction of sp³-hybridized carbons (Fsp3) is 0.364. The van der Waals surface area contributed by atoms with Crippen LogP contribution in [-0.4, -0.2) is 11.5 Å². The van der Waals surface area contributed by atoms with Gasteiger partial charge in [-0.1, -0.05) is 18.5 Å². The molecule has 0 amide bonds. The van der Waals surface area contributed by atoms with Crippen LogP contribution < -0.4 is 5.73 Å². The van der Waals surface area contributed by atoms with Gasteiger partial charge in [0.25, 0.3) is 0 Å². The fourth-order valence-corrected chi connectivity index (χ4v) is 1.66. The van der Waals surface area contributed by atoms with E-state index < -0.39 is 0 Å². The van der Waals surface area contributed by atoms with Crippen LogP contribution in [0.4, 0.5) is 0 Å². The number of halogens is 1. The van der Waals surface area contributed by atoms with Gasteiger partial charge in [-0.2, -0.15) is 0 Å². The Kier molecular flexibility index (Phi) is 2.93. The number of nitrogens with zero attached hydrogens (tertiary/aromatic N) is 1. The van der Waals surface area contributed by atoms with Gasteiger partial charge in [0.05, 0.1) is 0 Å². The molecule has 0 bridgehead atoms. The second-order valence-corrected chi connectivity index (χ2v) is 4.08. The van der Waals surface area contributed by atoms with Crippen molar-refractivity contribution in [2.75, 3.05) is 6.54 Å². The second-order valence-electron chi connectivity index (χ2n) is 3.64. The zero-order valence-electron chi connectivity index (χ0n) is 8.53. The Morgan fingerprint density at radius 1 is 1.53 bits per heavy atom. The Bertz CT molecular complexity index is 467. The molecule has 2 aromatic rings. The Balaban J connectivity index is 2.38. The summed E-state index contributed by atoms with van der Waals surface area (Å²) in [6.45, 7) is 2.69. The first-order valence-corrected chi connectivity index (χ1v) is 5.34. The van der Waals surface area contributed by atoms with Crippen LogP contribution in [0, 0.1) is 0 Å². The molecule has 2 rings (SSSR count). The van der Waals surface area contributed by atoms with Crippen molar-refractivity contribution in [1.82, 2.24) is 4.98 Å². The molecule has 1 aromatic heterocycles. The van der Waals surface area contributed by atoms with Crippen LogP contribution in [-0.2, 0) is 0 Å². The van der Waals surface area contributed by atoms with Gasteiger partial charge in [0.1, 0.15) is 5.52 Å². The highest BCUT2D eigenvalue weighted by atomic mass is 35.5. The maximum absolute atomic E-state index is 5.86. The van der Waals surface area contributed by atoms with E-state index in [-0.39, 0.29) is 5.92 Å². The van der Waals surface area contributed by atoms with E-state index in [0.717, 1.165) is 23.4 Å². The van der Waals surface area contributed by atoms with Gasteiger partial charge in [0.2, 0.25) is 0 Å². The third-order valence-corrected chi connectivity index (χ3v) is 2.62. The zero-order chi connectivity index (χ0) is 10.8. The molecule has 0 saturated heterocycles. The van der Waals surface area contributed by atoms with Crippen molar-refractivity contribution in [2.24, 2.45) is 5.73 Å². The molecular formula is C11H13ClN2O. The Morgan fingerprint density at radius 3 is 3.07 bits per heavy atom. The number of fused-ring (bicyclic) bond motifs is 1. The fourth-order valence-electron chi connectivity index (χ4n) is 1.50. The van der Waals surface area contributed by atoms with E-state index in [1.807, 2.05) is 12.1 Å². The number of hydrogen-bond acceptors (Lipinski definition) is 3. The zero-order valence-corrected chi connectivity index (χ0v) is 9.29. The summed E-state index contributed by atoms with van der Waals surface area (Å²) in [5, 5.41) is 0.664. The van der Waals surface area contributed by atoms with Gasteiger partial charge >= 0.3 is 0 Å². The number of rotatable bonds is 3. The molecule has 1 atom stereocenters. The predicted octanol–water partition coefficient (Wildman–Crippen LogP) is 2.93. The largest absolute Gasteiger partial charge is 0.440 e. The summed E-state index contributed by atoms with van der Waals surface area (Å²) in [7, 11) is 0. The Hall–Kier alpha value is -1.06. The minimum atomic E-state index is 0.251. The first-order valence-electron chi connectivity index (χ1n) is 4.96. The molecule has 0 fully saturated rings. The van der Waals surface area contributed by atoms with Gasteiger partial charge in [-0.15, -0.1) is 0 Å². The molecule has 15 heavy (non-hydrogen) atoms. The first kappa shape index (κ1) is 10.5. The second kappa shape index (κ2) is 4.21. The average molecular weight is 225 g/mol. The maximum Gasteiger partial charge on any atom is 0.198 e. The van der Waals surface area contributed by atoms with E-state index in [2.05, 4.69) is 11.9 Å². The lowest BCUT2D eigenvalue weighted by atomic mass is 10.1. The molecule has 0 aliphatic heterocycles. The molecule has 0 aliphatic rings. The molecule has 1 heterocycles. The number of benzene rings is 1. The summed E-state index contributed by atoms with van der Waals surface area (Å²) in [6, 6.07) is 5.45. The van der Waals surface area contributed by atoms with Crippen LogP contribution in [0.3, 0.4) is 0 Å². The SMILES string of the molecule is CC(CCN)c1nc2ccc(Cl)cc2o1. The van der Waals surface area contributed by atoms with Crippen LogP contribution in [0.25, 0.3) is 11.1 Å². The monoisotopic (exact) mass is 224 g/mol. The van der Waals surface area contributed by atoms with Gasteiger partial charge in [-0.25, -0.2) is 4.98 Å². The quantitative estimate of drug-likeness (QED) is 0.872. The summed E-state index contributed by atoms with van der Waals surface area (Å²) in [6.07, 6.45) is 0.876. The van der Waals surface area contributed by atoms with Crippen molar-refractivity contribution < 1.29 is 4.42 Å². The highest BCUT2D eigenvalue weighted by molar-refractivity contribution is 6.31. The van der Waals surface area contributed by atoms with Crippen molar-refractivity contribution in [3.8, 4) is 0 Å². The highest BCUT2D eigenvalue weighted by Crippen LogP contribution is 2.25. The molecule has 0 aliphatic carbocycles. The molecule has 4 heteroatoms. The van der Waals surface area contributed by atoms with Gasteiger partial charge in [0.15, 0.2) is 11.5 Å². The Labute approximate surface area is 93.2 Å². The average Bonchev–Trinajstić information content (AvgIpc) is 2.60. The van der Waals surface area contributed by atoms with E-state index in [9.17, 15) is 0 Å². The third-order valence-electron chi connectivity index (χ3n) is 2.39. The number of aromatic nitrogens is 1. The lowest BCUT2D eigenvalue weighted by molar-refractivity contribution is 0.473. The molecule has 0 spiro atoms. The van der Waals surface area contributed by atoms with Crippen molar-refractivity contribution in [3.05, 3.63) is 29.1 Å².